The van der Waals surface area contributed by atoms with Gasteiger partial charge in [0.2, 0.25) is 0 Å². The Morgan fingerprint density at radius 2 is 1.82 bits per heavy atom. The minimum atomic E-state index is -0.567. The number of carbonyl (C=O) groups excluding carboxylic acids is 2. The molecule has 0 spiro atoms. The maximum absolute atomic E-state index is 13.9. The van der Waals surface area contributed by atoms with Crippen LogP contribution in [0.1, 0.15) is 38.8 Å². The standard InChI is InChI=1S/C27H27FN2O4/c1-5-33-25-13-19(10-11-24(25)34-16-20-8-6-7-9-23(20)28)12-21-18(4)22(14-29)27(32)30(26(21)31)15-17(2)3/h6-13,17H,5,15-16H2,1-4H3/b21-12+. The summed E-state index contributed by atoms with van der Waals surface area (Å²) >= 11 is 0. The van der Waals surface area contributed by atoms with E-state index in [1.165, 1.54) is 6.07 Å². The van der Waals surface area contributed by atoms with Gasteiger partial charge >= 0.3 is 0 Å². The third-order valence-corrected chi connectivity index (χ3v) is 5.29. The van der Waals surface area contributed by atoms with Gasteiger partial charge in [0.15, 0.2) is 11.5 Å². The Labute approximate surface area is 198 Å². The zero-order chi connectivity index (χ0) is 24.8. The molecule has 0 atom stereocenters. The molecular formula is C27H27FN2O4. The molecule has 1 aliphatic rings. The van der Waals surface area contributed by atoms with Crippen LogP contribution in [-0.4, -0.2) is 29.9 Å². The van der Waals surface area contributed by atoms with Gasteiger partial charge in [0.25, 0.3) is 11.8 Å². The van der Waals surface area contributed by atoms with Crippen LogP contribution in [0.15, 0.2) is 59.2 Å². The molecule has 2 aromatic rings. The van der Waals surface area contributed by atoms with Crippen molar-refractivity contribution in [1.29, 1.82) is 5.26 Å². The van der Waals surface area contributed by atoms with Gasteiger partial charge in [-0.2, -0.15) is 5.26 Å². The van der Waals surface area contributed by atoms with Gasteiger partial charge in [0.1, 0.15) is 24.1 Å². The van der Waals surface area contributed by atoms with Crippen molar-refractivity contribution >= 4 is 17.9 Å². The Morgan fingerprint density at radius 3 is 2.47 bits per heavy atom. The van der Waals surface area contributed by atoms with E-state index in [-0.39, 0.29) is 36.0 Å². The van der Waals surface area contributed by atoms with E-state index in [2.05, 4.69) is 0 Å². The molecule has 0 radical (unpaired) electrons. The summed E-state index contributed by atoms with van der Waals surface area (Å²) in [6.45, 7) is 7.86. The lowest BCUT2D eigenvalue weighted by Crippen LogP contribution is -2.44. The average Bonchev–Trinajstić information content (AvgIpc) is 2.80. The highest BCUT2D eigenvalue weighted by molar-refractivity contribution is 6.19. The van der Waals surface area contributed by atoms with Crippen LogP contribution in [-0.2, 0) is 16.2 Å². The summed E-state index contributed by atoms with van der Waals surface area (Å²) in [5.74, 6) is -0.426. The van der Waals surface area contributed by atoms with Gasteiger partial charge in [-0.1, -0.05) is 38.1 Å². The summed E-state index contributed by atoms with van der Waals surface area (Å²) in [4.78, 5) is 26.9. The number of carbonyl (C=O) groups is 2. The predicted molar refractivity (Wildman–Crippen MR) is 126 cm³/mol. The average molecular weight is 463 g/mol. The Kier molecular flexibility index (Phi) is 7.85. The number of nitrogens with zero attached hydrogens (tertiary/aromatic N) is 2. The highest BCUT2D eigenvalue weighted by Gasteiger charge is 2.35. The van der Waals surface area contributed by atoms with E-state index in [4.69, 9.17) is 9.47 Å². The van der Waals surface area contributed by atoms with Gasteiger partial charge in [-0.25, -0.2) is 4.39 Å². The number of halogens is 1. The van der Waals surface area contributed by atoms with Crippen LogP contribution in [0.2, 0.25) is 0 Å². The first-order valence-corrected chi connectivity index (χ1v) is 11.1. The smallest absolute Gasteiger partial charge is 0.271 e. The SMILES string of the molecule is CCOc1cc(/C=C2/C(=O)N(CC(C)C)C(=O)C(C#N)=C2C)ccc1OCc1ccccc1F. The molecule has 6 nitrogen and oxygen atoms in total. The third kappa shape index (κ3) is 5.34. The van der Waals surface area contributed by atoms with Crippen LogP contribution < -0.4 is 9.47 Å². The monoisotopic (exact) mass is 462 g/mol. The number of benzene rings is 2. The lowest BCUT2D eigenvalue weighted by atomic mass is 9.93. The van der Waals surface area contributed by atoms with Crippen molar-refractivity contribution in [3.05, 3.63) is 76.1 Å². The molecule has 1 aliphatic heterocycles. The van der Waals surface area contributed by atoms with Crippen molar-refractivity contribution in [2.45, 2.75) is 34.3 Å². The molecule has 0 bridgehead atoms. The molecular weight excluding hydrogens is 435 g/mol. The molecule has 2 amide bonds. The molecule has 0 aliphatic carbocycles. The number of rotatable bonds is 8. The fourth-order valence-electron chi connectivity index (χ4n) is 3.60. The zero-order valence-electron chi connectivity index (χ0n) is 19.7. The maximum Gasteiger partial charge on any atom is 0.271 e. The molecule has 0 fully saturated rings. The summed E-state index contributed by atoms with van der Waals surface area (Å²) < 4.78 is 25.4. The molecule has 2 aromatic carbocycles. The Hall–Kier alpha value is -3.92. The zero-order valence-corrected chi connectivity index (χ0v) is 19.7. The fraction of sp³-hybridized carbons (Fsp3) is 0.296. The van der Waals surface area contributed by atoms with Crippen LogP contribution in [0.25, 0.3) is 6.08 Å². The molecule has 0 saturated carbocycles. The summed E-state index contributed by atoms with van der Waals surface area (Å²) in [5.41, 5.74) is 1.64. The second-order valence-corrected chi connectivity index (χ2v) is 8.30. The number of nitriles is 1. The van der Waals surface area contributed by atoms with Crippen molar-refractivity contribution in [3.63, 3.8) is 0 Å². The van der Waals surface area contributed by atoms with Gasteiger partial charge in [-0.05, 0) is 55.2 Å². The number of ether oxygens (including phenoxy) is 2. The van der Waals surface area contributed by atoms with E-state index in [1.54, 1.807) is 49.4 Å². The summed E-state index contributed by atoms with van der Waals surface area (Å²) in [6, 6.07) is 13.4. The van der Waals surface area contributed by atoms with Gasteiger partial charge < -0.3 is 9.47 Å². The van der Waals surface area contributed by atoms with Gasteiger partial charge in [0, 0.05) is 17.7 Å². The van der Waals surface area contributed by atoms with Crippen LogP contribution in [0.3, 0.4) is 0 Å². The number of amides is 2. The molecule has 0 aromatic heterocycles. The number of hydrogen-bond donors (Lipinski definition) is 0. The summed E-state index contributed by atoms with van der Waals surface area (Å²) in [5, 5.41) is 9.52. The van der Waals surface area contributed by atoms with Gasteiger partial charge in [0.05, 0.1) is 6.61 Å². The molecule has 0 unspecified atom stereocenters. The van der Waals surface area contributed by atoms with Crippen molar-refractivity contribution in [1.82, 2.24) is 4.90 Å². The maximum atomic E-state index is 13.9. The van der Waals surface area contributed by atoms with Crippen LogP contribution in [0.4, 0.5) is 4.39 Å². The van der Waals surface area contributed by atoms with Crippen molar-refractivity contribution in [2.75, 3.05) is 13.2 Å². The van der Waals surface area contributed by atoms with Crippen molar-refractivity contribution in [2.24, 2.45) is 5.92 Å². The molecule has 34 heavy (non-hydrogen) atoms. The summed E-state index contributed by atoms with van der Waals surface area (Å²) in [6.07, 6.45) is 1.64. The van der Waals surface area contributed by atoms with E-state index in [0.717, 1.165) is 4.90 Å². The van der Waals surface area contributed by atoms with Crippen molar-refractivity contribution < 1.29 is 23.5 Å². The Morgan fingerprint density at radius 1 is 1.09 bits per heavy atom. The largest absolute Gasteiger partial charge is 0.490 e. The molecule has 1 heterocycles. The second-order valence-electron chi connectivity index (χ2n) is 8.30. The van der Waals surface area contributed by atoms with Crippen LogP contribution >= 0.6 is 0 Å². The van der Waals surface area contributed by atoms with E-state index < -0.39 is 11.8 Å². The highest BCUT2D eigenvalue weighted by atomic mass is 19.1. The highest BCUT2D eigenvalue weighted by Crippen LogP contribution is 2.32. The number of imide groups is 1. The molecule has 0 N–H and O–H groups in total. The van der Waals surface area contributed by atoms with Gasteiger partial charge in [-0.15, -0.1) is 0 Å². The Balaban J connectivity index is 1.96. The molecule has 0 saturated heterocycles. The summed E-state index contributed by atoms with van der Waals surface area (Å²) in [7, 11) is 0. The molecule has 3 rings (SSSR count). The first-order valence-electron chi connectivity index (χ1n) is 11.1. The fourth-order valence-corrected chi connectivity index (χ4v) is 3.60. The van der Waals surface area contributed by atoms with Crippen LogP contribution in [0, 0.1) is 23.1 Å². The lowest BCUT2D eigenvalue weighted by molar-refractivity contribution is -0.141. The van der Waals surface area contributed by atoms with Gasteiger partial charge in [-0.3, -0.25) is 14.5 Å². The van der Waals surface area contributed by atoms with Crippen molar-refractivity contribution in [3.8, 4) is 17.6 Å². The quantitative estimate of drug-likeness (QED) is 0.405. The van der Waals surface area contributed by atoms with E-state index in [0.29, 0.717) is 34.8 Å². The molecule has 176 valence electrons. The first-order chi connectivity index (χ1) is 16.3. The third-order valence-electron chi connectivity index (χ3n) is 5.29. The van der Waals surface area contributed by atoms with E-state index in [9.17, 15) is 19.2 Å². The second kappa shape index (κ2) is 10.8. The Bertz CT molecular complexity index is 1210. The number of hydrogen-bond acceptors (Lipinski definition) is 5. The minimum Gasteiger partial charge on any atom is -0.490 e. The predicted octanol–water partition coefficient (Wildman–Crippen LogP) is 5.05. The lowest BCUT2D eigenvalue weighted by Gasteiger charge is -2.28. The topological polar surface area (TPSA) is 79.6 Å². The first kappa shape index (κ1) is 24.7. The normalized spacial score (nSPS) is 15.2. The van der Waals surface area contributed by atoms with E-state index >= 15 is 0 Å². The molecule has 7 heteroatoms. The minimum absolute atomic E-state index is 0.0331. The van der Waals surface area contributed by atoms with Crippen LogP contribution in [0.5, 0.6) is 11.5 Å². The van der Waals surface area contributed by atoms with E-state index in [1.807, 2.05) is 26.8 Å².